The third-order valence-corrected chi connectivity index (χ3v) is 3.46. The molecule has 2 unspecified atom stereocenters. The molecule has 0 aromatic heterocycles. The molecule has 4 nitrogen and oxygen atoms in total. The van der Waals surface area contributed by atoms with Gasteiger partial charge in [0.15, 0.2) is 0 Å². The predicted octanol–water partition coefficient (Wildman–Crippen LogP) is 1.17. The Kier molecular flexibility index (Phi) is 1.80. The minimum atomic E-state index is -0.877. The van der Waals surface area contributed by atoms with Crippen molar-refractivity contribution < 1.29 is 14.7 Å². The maximum absolute atomic E-state index is 11.7. The fraction of sp³-hybridized carbons (Fsp3) is 0.333. The number of hydrogen-bond acceptors (Lipinski definition) is 2. The van der Waals surface area contributed by atoms with Crippen LogP contribution in [-0.4, -0.2) is 21.9 Å². The van der Waals surface area contributed by atoms with Crippen LogP contribution in [0.15, 0.2) is 24.3 Å². The van der Waals surface area contributed by atoms with E-state index in [1.165, 1.54) is 0 Å². The van der Waals surface area contributed by atoms with Gasteiger partial charge in [0, 0.05) is 13.0 Å². The average molecular weight is 217 g/mol. The van der Waals surface area contributed by atoms with E-state index in [0.717, 1.165) is 11.1 Å². The van der Waals surface area contributed by atoms with Crippen LogP contribution >= 0.6 is 0 Å². The summed E-state index contributed by atoms with van der Waals surface area (Å²) in [5.41, 5.74) is 2.08. The van der Waals surface area contributed by atoms with E-state index in [-0.39, 0.29) is 18.4 Å². The maximum atomic E-state index is 11.7. The van der Waals surface area contributed by atoms with Gasteiger partial charge < -0.3 is 10.0 Å². The molecule has 1 aromatic rings. The van der Waals surface area contributed by atoms with Crippen LogP contribution in [0, 0.1) is 5.92 Å². The second-order valence-electron chi connectivity index (χ2n) is 4.31. The van der Waals surface area contributed by atoms with E-state index in [9.17, 15) is 9.59 Å². The predicted molar refractivity (Wildman–Crippen MR) is 55.5 cm³/mol. The fourth-order valence-electron chi connectivity index (χ4n) is 2.73. The van der Waals surface area contributed by atoms with Crippen LogP contribution in [0.4, 0.5) is 0 Å². The van der Waals surface area contributed by atoms with Crippen molar-refractivity contribution >= 4 is 11.9 Å². The molecule has 1 N–H and O–H groups in total. The van der Waals surface area contributed by atoms with E-state index in [4.69, 9.17) is 5.11 Å². The van der Waals surface area contributed by atoms with Gasteiger partial charge in [-0.3, -0.25) is 9.59 Å². The Balaban J connectivity index is 2.08. The quantitative estimate of drug-likeness (QED) is 0.768. The summed E-state index contributed by atoms with van der Waals surface area (Å²) in [6, 6.07) is 7.45. The van der Waals surface area contributed by atoms with Gasteiger partial charge in [-0.2, -0.15) is 0 Å². The number of fused-ring (bicyclic) bond motifs is 3. The number of nitrogens with zero attached hydrogens (tertiary/aromatic N) is 1. The summed E-state index contributed by atoms with van der Waals surface area (Å²) in [5.74, 6) is -1.51. The topological polar surface area (TPSA) is 57.6 Å². The van der Waals surface area contributed by atoms with Gasteiger partial charge in [-0.15, -0.1) is 0 Å². The zero-order valence-corrected chi connectivity index (χ0v) is 8.59. The summed E-state index contributed by atoms with van der Waals surface area (Å²) >= 11 is 0. The monoisotopic (exact) mass is 217 g/mol. The highest BCUT2D eigenvalue weighted by atomic mass is 16.4. The molecule has 2 aliphatic heterocycles. The van der Waals surface area contributed by atoms with Gasteiger partial charge in [0.2, 0.25) is 5.91 Å². The van der Waals surface area contributed by atoms with Gasteiger partial charge in [0.25, 0.3) is 0 Å². The number of aliphatic carboxylic acids is 1. The molecule has 0 aliphatic carbocycles. The summed E-state index contributed by atoms with van der Waals surface area (Å²) in [4.78, 5) is 24.5. The normalized spacial score (nSPS) is 26.8. The number of carboxylic acids is 1. The zero-order valence-electron chi connectivity index (χ0n) is 8.59. The largest absolute Gasteiger partial charge is 0.481 e. The van der Waals surface area contributed by atoms with Gasteiger partial charge in [0.1, 0.15) is 0 Å². The van der Waals surface area contributed by atoms with E-state index in [1.807, 2.05) is 24.3 Å². The number of amides is 1. The lowest BCUT2D eigenvalue weighted by Crippen LogP contribution is -2.23. The van der Waals surface area contributed by atoms with E-state index >= 15 is 0 Å². The van der Waals surface area contributed by atoms with Crippen LogP contribution < -0.4 is 0 Å². The summed E-state index contributed by atoms with van der Waals surface area (Å²) in [6.07, 6.45) is 0.133. The molecule has 82 valence electrons. The first kappa shape index (κ1) is 9.39. The Labute approximate surface area is 92.5 Å². The zero-order chi connectivity index (χ0) is 11.3. The molecule has 1 aromatic carbocycles. The molecule has 0 bridgehead atoms. The Morgan fingerprint density at radius 3 is 2.88 bits per heavy atom. The lowest BCUT2D eigenvalue weighted by molar-refractivity contribution is -0.142. The van der Waals surface area contributed by atoms with Crippen molar-refractivity contribution in [3.8, 4) is 0 Å². The van der Waals surface area contributed by atoms with Crippen molar-refractivity contribution in [3.63, 3.8) is 0 Å². The molecule has 16 heavy (non-hydrogen) atoms. The van der Waals surface area contributed by atoms with Crippen LogP contribution in [0.25, 0.3) is 0 Å². The van der Waals surface area contributed by atoms with Crippen molar-refractivity contribution in [2.75, 3.05) is 0 Å². The van der Waals surface area contributed by atoms with Crippen LogP contribution in [0.1, 0.15) is 23.6 Å². The van der Waals surface area contributed by atoms with E-state index < -0.39 is 11.9 Å². The summed E-state index contributed by atoms with van der Waals surface area (Å²) in [5, 5.41) is 9.12. The first-order valence-electron chi connectivity index (χ1n) is 5.28. The molecule has 1 fully saturated rings. The summed E-state index contributed by atoms with van der Waals surface area (Å²) in [7, 11) is 0. The van der Waals surface area contributed by atoms with Gasteiger partial charge in [-0.05, 0) is 11.1 Å². The standard InChI is InChI=1S/C12H11NO3/c14-10-5-9(12(15)16)11-8-4-2-1-3-7(8)6-13(10)11/h1-4,9,11H,5-6H2,(H,15,16). The molecular formula is C12H11NO3. The number of carbonyl (C=O) groups is 2. The lowest BCUT2D eigenvalue weighted by Gasteiger charge is -2.18. The second-order valence-corrected chi connectivity index (χ2v) is 4.31. The highest BCUT2D eigenvalue weighted by molar-refractivity contribution is 5.88. The SMILES string of the molecule is O=C(O)C1CC(=O)N2Cc3ccccc3C12. The molecule has 4 heteroatoms. The third kappa shape index (κ3) is 1.10. The molecule has 1 amide bonds. The molecule has 2 atom stereocenters. The molecule has 2 heterocycles. The minimum absolute atomic E-state index is 0.0476. The average Bonchev–Trinajstić information content (AvgIpc) is 2.77. The third-order valence-electron chi connectivity index (χ3n) is 3.46. The van der Waals surface area contributed by atoms with Crippen molar-refractivity contribution in [1.82, 2.24) is 4.90 Å². The molecule has 0 saturated carbocycles. The number of hydrogen-bond donors (Lipinski definition) is 1. The highest BCUT2D eigenvalue weighted by Gasteiger charge is 2.48. The fourth-order valence-corrected chi connectivity index (χ4v) is 2.73. The smallest absolute Gasteiger partial charge is 0.309 e. The Morgan fingerprint density at radius 1 is 1.38 bits per heavy atom. The molecule has 3 rings (SSSR count). The summed E-state index contributed by atoms with van der Waals surface area (Å²) < 4.78 is 0. The van der Waals surface area contributed by atoms with Gasteiger partial charge >= 0.3 is 5.97 Å². The van der Waals surface area contributed by atoms with Crippen LogP contribution in [0.3, 0.4) is 0 Å². The molecule has 0 spiro atoms. The first-order valence-corrected chi connectivity index (χ1v) is 5.28. The second kappa shape index (κ2) is 3.07. The van der Waals surface area contributed by atoms with Crippen molar-refractivity contribution in [3.05, 3.63) is 35.4 Å². The molecule has 1 saturated heterocycles. The van der Waals surface area contributed by atoms with Crippen LogP contribution in [0.5, 0.6) is 0 Å². The Hall–Kier alpha value is -1.84. The van der Waals surface area contributed by atoms with Crippen molar-refractivity contribution in [1.29, 1.82) is 0 Å². The van der Waals surface area contributed by atoms with E-state index in [2.05, 4.69) is 0 Å². The van der Waals surface area contributed by atoms with Gasteiger partial charge in [0.05, 0.1) is 12.0 Å². The van der Waals surface area contributed by atoms with Crippen molar-refractivity contribution in [2.45, 2.75) is 19.0 Å². The Bertz CT molecular complexity index is 483. The number of carbonyl (C=O) groups excluding carboxylic acids is 1. The number of benzene rings is 1. The number of carboxylic acid groups (broad SMARTS) is 1. The highest BCUT2D eigenvalue weighted by Crippen LogP contribution is 2.45. The van der Waals surface area contributed by atoms with Gasteiger partial charge in [-0.1, -0.05) is 24.3 Å². The van der Waals surface area contributed by atoms with Crippen molar-refractivity contribution in [2.24, 2.45) is 5.92 Å². The maximum Gasteiger partial charge on any atom is 0.309 e. The lowest BCUT2D eigenvalue weighted by atomic mass is 9.93. The van der Waals surface area contributed by atoms with Crippen LogP contribution in [0.2, 0.25) is 0 Å². The molecule has 2 aliphatic rings. The van der Waals surface area contributed by atoms with Gasteiger partial charge in [-0.25, -0.2) is 0 Å². The Morgan fingerprint density at radius 2 is 2.12 bits per heavy atom. The van der Waals surface area contributed by atoms with E-state index in [0.29, 0.717) is 6.54 Å². The first-order chi connectivity index (χ1) is 7.68. The number of rotatable bonds is 1. The minimum Gasteiger partial charge on any atom is -0.481 e. The summed E-state index contributed by atoms with van der Waals surface area (Å²) in [6.45, 7) is 0.559. The van der Waals surface area contributed by atoms with E-state index in [1.54, 1.807) is 4.90 Å². The molecular weight excluding hydrogens is 206 g/mol. The molecule has 0 radical (unpaired) electrons. The van der Waals surface area contributed by atoms with Crippen LogP contribution in [-0.2, 0) is 16.1 Å².